The molecule has 6 nitrogen and oxygen atoms in total. The number of barbiturate groups is 1. The highest BCUT2D eigenvalue weighted by Gasteiger charge is 2.37. The summed E-state index contributed by atoms with van der Waals surface area (Å²) >= 11 is 3.35. The van der Waals surface area contributed by atoms with Gasteiger partial charge < -0.3 is 4.57 Å². The number of carbonyl (C=O) groups is 3. The first-order valence-electron chi connectivity index (χ1n) is 10.3. The van der Waals surface area contributed by atoms with E-state index >= 15 is 0 Å². The van der Waals surface area contributed by atoms with Crippen molar-refractivity contribution in [2.45, 2.75) is 27.2 Å². The molecule has 162 valence electrons. The van der Waals surface area contributed by atoms with Crippen LogP contribution in [0.3, 0.4) is 0 Å². The number of anilines is 1. The monoisotopic (exact) mass is 491 g/mol. The molecule has 1 aromatic heterocycles. The molecule has 2 aromatic carbocycles. The van der Waals surface area contributed by atoms with Crippen LogP contribution in [0.5, 0.6) is 0 Å². The van der Waals surface area contributed by atoms with Crippen molar-refractivity contribution in [1.29, 1.82) is 0 Å². The molecule has 1 aliphatic heterocycles. The van der Waals surface area contributed by atoms with Crippen molar-refractivity contribution in [3.63, 3.8) is 0 Å². The number of rotatable bonds is 4. The number of urea groups is 1. The zero-order valence-electron chi connectivity index (χ0n) is 18.0. The molecule has 4 amide bonds. The van der Waals surface area contributed by atoms with Gasteiger partial charge in [-0.25, -0.2) is 9.69 Å². The Morgan fingerprint density at radius 2 is 1.69 bits per heavy atom. The fraction of sp³-hybridized carbons (Fsp3) is 0.160. The van der Waals surface area contributed by atoms with Crippen molar-refractivity contribution in [2.24, 2.45) is 0 Å². The Hall–Kier alpha value is -3.45. The number of amides is 4. The van der Waals surface area contributed by atoms with E-state index in [-0.39, 0.29) is 5.57 Å². The van der Waals surface area contributed by atoms with E-state index in [1.54, 1.807) is 30.3 Å². The van der Waals surface area contributed by atoms with Crippen molar-refractivity contribution >= 4 is 45.5 Å². The number of aromatic nitrogens is 1. The Labute approximate surface area is 194 Å². The molecule has 0 spiro atoms. The molecule has 1 N–H and O–H groups in total. The first-order chi connectivity index (χ1) is 15.3. The Morgan fingerprint density at radius 3 is 2.34 bits per heavy atom. The zero-order chi connectivity index (χ0) is 23.0. The lowest BCUT2D eigenvalue weighted by Crippen LogP contribution is -2.54. The molecule has 7 heteroatoms. The Kier molecular flexibility index (Phi) is 5.84. The summed E-state index contributed by atoms with van der Waals surface area (Å²) in [6, 6.07) is 16.3. The average Bonchev–Trinajstić information content (AvgIpc) is 3.04. The Bertz CT molecular complexity index is 1270. The van der Waals surface area contributed by atoms with Gasteiger partial charge in [0.05, 0.1) is 5.69 Å². The molecule has 0 atom stereocenters. The Balaban J connectivity index is 1.74. The summed E-state index contributed by atoms with van der Waals surface area (Å²) in [6.45, 7) is 6.03. The van der Waals surface area contributed by atoms with Crippen LogP contribution in [0.4, 0.5) is 10.5 Å². The lowest BCUT2D eigenvalue weighted by molar-refractivity contribution is -0.122. The van der Waals surface area contributed by atoms with Crippen LogP contribution in [0.1, 0.15) is 29.4 Å². The van der Waals surface area contributed by atoms with Crippen LogP contribution in [-0.2, 0) is 16.0 Å². The summed E-state index contributed by atoms with van der Waals surface area (Å²) in [7, 11) is 0. The molecular formula is C25H22BrN3O3. The number of halogens is 1. The number of aryl methyl sites for hydroxylation is 2. The van der Waals surface area contributed by atoms with Gasteiger partial charge in [0.25, 0.3) is 11.8 Å². The summed E-state index contributed by atoms with van der Waals surface area (Å²) in [5, 5.41) is 2.27. The third-order valence-electron chi connectivity index (χ3n) is 5.54. The van der Waals surface area contributed by atoms with Crippen LogP contribution in [0.25, 0.3) is 11.8 Å². The third-order valence-corrected chi connectivity index (χ3v) is 6.03. The highest BCUT2D eigenvalue weighted by Crippen LogP contribution is 2.27. The largest absolute Gasteiger partial charge is 0.335 e. The quantitative estimate of drug-likeness (QED) is 0.408. The number of benzene rings is 2. The van der Waals surface area contributed by atoms with E-state index in [4.69, 9.17) is 0 Å². The first-order valence-corrected chi connectivity index (χ1v) is 11.0. The first kappa shape index (κ1) is 21.8. The molecule has 32 heavy (non-hydrogen) atoms. The number of imide groups is 2. The molecule has 4 rings (SSSR count). The van der Waals surface area contributed by atoms with Crippen LogP contribution in [-0.4, -0.2) is 22.4 Å². The van der Waals surface area contributed by atoms with E-state index < -0.39 is 17.8 Å². The molecule has 3 aromatic rings. The topological polar surface area (TPSA) is 71.4 Å². The third kappa shape index (κ3) is 3.91. The Morgan fingerprint density at radius 1 is 0.969 bits per heavy atom. The second-order valence-corrected chi connectivity index (χ2v) is 8.54. The second kappa shape index (κ2) is 8.59. The van der Waals surface area contributed by atoms with E-state index in [1.807, 2.05) is 19.9 Å². The van der Waals surface area contributed by atoms with E-state index in [0.717, 1.165) is 38.4 Å². The van der Waals surface area contributed by atoms with Gasteiger partial charge in [-0.15, -0.1) is 0 Å². The van der Waals surface area contributed by atoms with Gasteiger partial charge in [0.1, 0.15) is 5.57 Å². The van der Waals surface area contributed by atoms with Crippen LogP contribution < -0.4 is 10.2 Å². The minimum atomic E-state index is -0.767. The van der Waals surface area contributed by atoms with E-state index in [9.17, 15) is 14.4 Å². The minimum Gasteiger partial charge on any atom is -0.318 e. The van der Waals surface area contributed by atoms with Crippen molar-refractivity contribution in [3.05, 3.63) is 87.2 Å². The lowest BCUT2D eigenvalue weighted by atomic mass is 10.1. The van der Waals surface area contributed by atoms with Gasteiger partial charge in [0, 0.05) is 21.5 Å². The minimum absolute atomic E-state index is 0.0915. The second-order valence-electron chi connectivity index (χ2n) is 7.62. The number of nitrogens with one attached hydrogen (secondary N) is 1. The predicted molar refractivity (Wildman–Crippen MR) is 128 cm³/mol. The fourth-order valence-corrected chi connectivity index (χ4v) is 4.26. The van der Waals surface area contributed by atoms with Gasteiger partial charge in [-0.3, -0.25) is 14.9 Å². The van der Waals surface area contributed by atoms with E-state index in [0.29, 0.717) is 5.69 Å². The van der Waals surface area contributed by atoms with Gasteiger partial charge in [-0.05, 0) is 73.9 Å². The van der Waals surface area contributed by atoms with Gasteiger partial charge in [-0.1, -0.05) is 41.1 Å². The molecule has 1 aliphatic rings. The van der Waals surface area contributed by atoms with Gasteiger partial charge in [0.2, 0.25) is 0 Å². The lowest BCUT2D eigenvalue weighted by Gasteiger charge is -2.26. The summed E-state index contributed by atoms with van der Waals surface area (Å²) in [6.07, 6.45) is 2.51. The van der Waals surface area contributed by atoms with Gasteiger partial charge >= 0.3 is 6.03 Å². The molecule has 0 saturated carbocycles. The van der Waals surface area contributed by atoms with Crippen molar-refractivity contribution in [3.8, 4) is 5.69 Å². The molecule has 0 bridgehead atoms. The molecule has 2 heterocycles. The van der Waals surface area contributed by atoms with E-state index in [1.165, 1.54) is 5.56 Å². The van der Waals surface area contributed by atoms with Crippen LogP contribution in [0.2, 0.25) is 0 Å². The standard InChI is InChI=1S/C25H22BrN3O3/c1-4-17-8-10-20(11-9-17)28-15(2)12-18(16(28)3)13-22-23(30)27-25(32)29(24(22)31)21-7-5-6-19(26)14-21/h5-14H,4H2,1-3H3,(H,27,30,32)/b22-13+. The van der Waals surface area contributed by atoms with Crippen molar-refractivity contribution in [2.75, 3.05) is 4.90 Å². The number of carbonyl (C=O) groups excluding carboxylic acids is 3. The van der Waals surface area contributed by atoms with Crippen LogP contribution in [0.15, 0.2) is 64.6 Å². The van der Waals surface area contributed by atoms with Gasteiger partial charge in [0.15, 0.2) is 0 Å². The van der Waals surface area contributed by atoms with Crippen LogP contribution in [0, 0.1) is 13.8 Å². The molecule has 1 fully saturated rings. The summed E-state index contributed by atoms with van der Waals surface area (Å²) in [4.78, 5) is 39.1. The smallest absolute Gasteiger partial charge is 0.318 e. The molecule has 0 radical (unpaired) electrons. The highest BCUT2D eigenvalue weighted by molar-refractivity contribution is 9.10. The molecule has 1 saturated heterocycles. The number of nitrogens with zero attached hydrogens (tertiary/aromatic N) is 2. The maximum Gasteiger partial charge on any atom is 0.335 e. The van der Waals surface area contributed by atoms with Crippen molar-refractivity contribution in [1.82, 2.24) is 9.88 Å². The van der Waals surface area contributed by atoms with E-state index in [2.05, 4.69) is 57.0 Å². The fourth-order valence-electron chi connectivity index (χ4n) is 3.87. The maximum atomic E-state index is 13.2. The zero-order valence-corrected chi connectivity index (χ0v) is 19.6. The average molecular weight is 492 g/mol. The van der Waals surface area contributed by atoms with Crippen molar-refractivity contribution < 1.29 is 14.4 Å². The summed E-state index contributed by atoms with van der Waals surface area (Å²) < 4.78 is 2.80. The molecule has 0 unspecified atom stereocenters. The number of hydrogen-bond acceptors (Lipinski definition) is 3. The SMILES string of the molecule is CCc1ccc(-n2c(C)cc(/C=C3\C(=O)NC(=O)N(c4cccc(Br)c4)C3=O)c2C)cc1. The number of hydrogen-bond donors (Lipinski definition) is 1. The molecule has 0 aliphatic carbocycles. The molecular weight excluding hydrogens is 470 g/mol. The summed E-state index contributed by atoms with van der Waals surface area (Å²) in [5.41, 5.74) is 5.15. The van der Waals surface area contributed by atoms with Crippen LogP contribution >= 0.6 is 15.9 Å². The van der Waals surface area contributed by atoms with Gasteiger partial charge in [-0.2, -0.15) is 0 Å². The normalized spacial score (nSPS) is 15.4. The maximum absolute atomic E-state index is 13.2. The summed E-state index contributed by atoms with van der Waals surface area (Å²) in [5.74, 6) is -1.36. The predicted octanol–water partition coefficient (Wildman–Crippen LogP) is 5.09. The highest BCUT2D eigenvalue weighted by atomic mass is 79.9.